The van der Waals surface area contributed by atoms with Gasteiger partial charge in [-0.05, 0) is 40.8 Å². The summed E-state index contributed by atoms with van der Waals surface area (Å²) >= 11 is 2.11. The van der Waals surface area contributed by atoms with Crippen molar-refractivity contribution in [3.8, 4) is 5.75 Å². The molecule has 0 aliphatic heterocycles. The number of methoxy groups -OCH3 is 2. The number of amides is 1. The van der Waals surface area contributed by atoms with Crippen molar-refractivity contribution in [3.05, 3.63) is 21.8 Å². The van der Waals surface area contributed by atoms with Crippen LogP contribution in [0.15, 0.2) is 18.2 Å². The number of ether oxygens (including phenoxy) is 2. The van der Waals surface area contributed by atoms with E-state index in [1.54, 1.807) is 19.2 Å². The fourth-order valence-electron chi connectivity index (χ4n) is 0.885. The van der Waals surface area contributed by atoms with Gasteiger partial charge < -0.3 is 9.47 Å². The summed E-state index contributed by atoms with van der Waals surface area (Å²) in [5.41, 5.74) is 0.707. The zero-order chi connectivity index (χ0) is 10.6. The van der Waals surface area contributed by atoms with E-state index < -0.39 is 6.09 Å². The molecule has 0 heterocycles. The molecule has 1 rings (SSSR count). The number of carbonyl (C=O) groups is 1. The minimum atomic E-state index is -0.479. The van der Waals surface area contributed by atoms with Crippen LogP contribution in [0.3, 0.4) is 0 Å². The summed E-state index contributed by atoms with van der Waals surface area (Å²) < 4.78 is 10.4. The van der Waals surface area contributed by atoms with Crippen LogP contribution in [0, 0.1) is 3.57 Å². The molecular weight excluding hydrogens is 297 g/mol. The number of halogens is 1. The third-order valence-electron chi connectivity index (χ3n) is 1.60. The molecule has 0 saturated heterocycles. The lowest BCUT2D eigenvalue weighted by molar-refractivity contribution is 0.187. The molecule has 0 spiro atoms. The van der Waals surface area contributed by atoms with Gasteiger partial charge in [0.15, 0.2) is 0 Å². The van der Waals surface area contributed by atoms with Crippen LogP contribution in [0.1, 0.15) is 0 Å². The van der Waals surface area contributed by atoms with E-state index in [9.17, 15) is 4.79 Å². The van der Waals surface area contributed by atoms with Crippen LogP contribution in [0.4, 0.5) is 10.5 Å². The Labute approximate surface area is 95.7 Å². The predicted molar refractivity (Wildman–Crippen MR) is 61.7 cm³/mol. The Hall–Kier alpha value is -0.980. The SMILES string of the molecule is COC(=O)Nc1ccc(OC)cc1I. The zero-order valence-corrected chi connectivity index (χ0v) is 9.99. The smallest absolute Gasteiger partial charge is 0.411 e. The van der Waals surface area contributed by atoms with Crippen molar-refractivity contribution in [1.82, 2.24) is 0 Å². The Morgan fingerprint density at radius 3 is 2.64 bits per heavy atom. The molecular formula is C9H10INO3. The lowest BCUT2D eigenvalue weighted by Crippen LogP contribution is -2.11. The van der Waals surface area contributed by atoms with Gasteiger partial charge in [-0.15, -0.1) is 0 Å². The lowest BCUT2D eigenvalue weighted by atomic mass is 10.3. The predicted octanol–water partition coefficient (Wildman–Crippen LogP) is 2.48. The molecule has 4 nitrogen and oxygen atoms in total. The summed E-state index contributed by atoms with van der Waals surface area (Å²) in [4.78, 5) is 10.9. The van der Waals surface area contributed by atoms with Gasteiger partial charge in [0.05, 0.1) is 19.9 Å². The summed E-state index contributed by atoms with van der Waals surface area (Å²) in [6, 6.07) is 5.36. The molecule has 0 aliphatic rings. The van der Waals surface area contributed by atoms with Gasteiger partial charge in [-0.25, -0.2) is 4.79 Å². The van der Waals surface area contributed by atoms with Crippen molar-refractivity contribution in [2.24, 2.45) is 0 Å². The molecule has 1 N–H and O–H groups in total. The number of hydrogen-bond acceptors (Lipinski definition) is 3. The quantitative estimate of drug-likeness (QED) is 0.854. The number of nitrogens with one attached hydrogen (secondary N) is 1. The minimum Gasteiger partial charge on any atom is -0.497 e. The Morgan fingerprint density at radius 2 is 2.14 bits per heavy atom. The molecule has 1 amide bonds. The fourth-order valence-corrected chi connectivity index (χ4v) is 1.51. The second-order valence-electron chi connectivity index (χ2n) is 2.46. The Balaban J connectivity index is 2.83. The number of hydrogen-bond donors (Lipinski definition) is 1. The fraction of sp³-hybridized carbons (Fsp3) is 0.222. The molecule has 76 valence electrons. The largest absolute Gasteiger partial charge is 0.497 e. The number of rotatable bonds is 2. The summed E-state index contributed by atoms with van der Waals surface area (Å²) in [5.74, 6) is 0.754. The molecule has 14 heavy (non-hydrogen) atoms. The lowest BCUT2D eigenvalue weighted by Gasteiger charge is -2.07. The van der Waals surface area contributed by atoms with Gasteiger partial charge in [0, 0.05) is 3.57 Å². The molecule has 0 atom stereocenters. The van der Waals surface area contributed by atoms with E-state index in [2.05, 4.69) is 32.6 Å². The van der Waals surface area contributed by atoms with Crippen LogP contribution in [0.5, 0.6) is 5.75 Å². The molecule has 0 saturated carbocycles. The van der Waals surface area contributed by atoms with E-state index in [1.165, 1.54) is 7.11 Å². The van der Waals surface area contributed by atoms with E-state index in [0.717, 1.165) is 9.32 Å². The average Bonchev–Trinajstić information content (AvgIpc) is 2.20. The highest BCUT2D eigenvalue weighted by Crippen LogP contribution is 2.23. The summed E-state index contributed by atoms with van der Waals surface area (Å²) in [5, 5.41) is 2.59. The Kier molecular flexibility index (Phi) is 3.99. The van der Waals surface area contributed by atoms with Crippen LogP contribution in [-0.4, -0.2) is 20.3 Å². The molecule has 0 aliphatic carbocycles. The zero-order valence-electron chi connectivity index (χ0n) is 7.83. The van der Waals surface area contributed by atoms with Crippen LogP contribution in [0.2, 0.25) is 0 Å². The molecule has 1 aromatic carbocycles. The standard InChI is InChI=1S/C9H10INO3/c1-13-6-3-4-8(7(10)5-6)11-9(12)14-2/h3-5H,1-2H3,(H,11,12). The Bertz CT molecular complexity index is 341. The minimum absolute atomic E-state index is 0.479. The first kappa shape index (κ1) is 11.1. The third-order valence-corrected chi connectivity index (χ3v) is 2.49. The van der Waals surface area contributed by atoms with Crippen molar-refractivity contribution < 1.29 is 14.3 Å². The first-order chi connectivity index (χ1) is 6.67. The van der Waals surface area contributed by atoms with E-state index in [1.807, 2.05) is 6.07 Å². The second kappa shape index (κ2) is 5.04. The van der Waals surface area contributed by atoms with E-state index in [0.29, 0.717) is 5.69 Å². The summed E-state index contributed by atoms with van der Waals surface area (Å²) in [7, 11) is 2.92. The van der Waals surface area contributed by atoms with Crippen molar-refractivity contribution >= 4 is 34.4 Å². The number of benzene rings is 1. The van der Waals surface area contributed by atoms with Gasteiger partial charge in [-0.1, -0.05) is 0 Å². The Morgan fingerprint density at radius 1 is 1.43 bits per heavy atom. The highest BCUT2D eigenvalue weighted by molar-refractivity contribution is 14.1. The van der Waals surface area contributed by atoms with Crippen LogP contribution >= 0.6 is 22.6 Å². The monoisotopic (exact) mass is 307 g/mol. The third kappa shape index (κ3) is 2.76. The maximum Gasteiger partial charge on any atom is 0.411 e. The van der Waals surface area contributed by atoms with Crippen molar-refractivity contribution in [2.45, 2.75) is 0 Å². The highest BCUT2D eigenvalue weighted by Gasteiger charge is 2.05. The van der Waals surface area contributed by atoms with Crippen molar-refractivity contribution in [2.75, 3.05) is 19.5 Å². The van der Waals surface area contributed by atoms with E-state index in [-0.39, 0.29) is 0 Å². The number of anilines is 1. The van der Waals surface area contributed by atoms with Gasteiger partial charge in [0.1, 0.15) is 5.75 Å². The van der Waals surface area contributed by atoms with Gasteiger partial charge in [-0.2, -0.15) is 0 Å². The maximum atomic E-state index is 10.9. The molecule has 0 aromatic heterocycles. The molecule has 0 fully saturated rings. The first-order valence-corrected chi connectivity index (χ1v) is 4.93. The van der Waals surface area contributed by atoms with Gasteiger partial charge in [0.2, 0.25) is 0 Å². The molecule has 1 aromatic rings. The van der Waals surface area contributed by atoms with Crippen LogP contribution < -0.4 is 10.1 Å². The maximum absolute atomic E-state index is 10.9. The van der Waals surface area contributed by atoms with Gasteiger partial charge >= 0.3 is 6.09 Å². The number of carbonyl (C=O) groups excluding carboxylic acids is 1. The summed E-state index contributed by atoms with van der Waals surface area (Å²) in [6.07, 6.45) is -0.479. The molecule has 5 heteroatoms. The van der Waals surface area contributed by atoms with Crippen LogP contribution in [-0.2, 0) is 4.74 Å². The molecule has 0 radical (unpaired) electrons. The van der Waals surface area contributed by atoms with Gasteiger partial charge in [-0.3, -0.25) is 5.32 Å². The topological polar surface area (TPSA) is 47.6 Å². The van der Waals surface area contributed by atoms with Crippen molar-refractivity contribution in [1.29, 1.82) is 0 Å². The normalized spacial score (nSPS) is 9.36. The van der Waals surface area contributed by atoms with E-state index in [4.69, 9.17) is 4.74 Å². The van der Waals surface area contributed by atoms with E-state index >= 15 is 0 Å². The van der Waals surface area contributed by atoms with Crippen molar-refractivity contribution in [3.63, 3.8) is 0 Å². The summed E-state index contributed by atoms with van der Waals surface area (Å²) in [6.45, 7) is 0. The molecule has 0 bridgehead atoms. The average molecular weight is 307 g/mol. The molecule has 0 unspecified atom stereocenters. The highest BCUT2D eigenvalue weighted by atomic mass is 127. The first-order valence-electron chi connectivity index (χ1n) is 3.86. The van der Waals surface area contributed by atoms with Crippen LogP contribution in [0.25, 0.3) is 0 Å². The van der Waals surface area contributed by atoms with Gasteiger partial charge in [0.25, 0.3) is 0 Å². The second-order valence-corrected chi connectivity index (χ2v) is 3.62.